The van der Waals surface area contributed by atoms with E-state index in [-0.39, 0.29) is 12.1 Å². The third kappa shape index (κ3) is 2.26. The van der Waals surface area contributed by atoms with E-state index in [0.29, 0.717) is 5.56 Å². The second-order valence-corrected chi connectivity index (χ2v) is 2.54. The molecule has 1 heterocycles. The Morgan fingerprint density at radius 3 is 3.00 bits per heavy atom. The number of nitrogens with zero attached hydrogens (tertiary/aromatic N) is 2. The van der Waals surface area contributed by atoms with Gasteiger partial charge in [0.05, 0.1) is 13.5 Å². The van der Waals surface area contributed by atoms with E-state index in [0.717, 1.165) is 6.07 Å². The molecule has 0 aromatic carbocycles. The zero-order valence-electron chi connectivity index (χ0n) is 7.45. The molecule has 0 aliphatic carbocycles. The molecule has 1 aromatic heterocycles. The van der Waals surface area contributed by atoms with Crippen LogP contribution in [0.15, 0.2) is 12.3 Å². The molecule has 0 atom stereocenters. The number of methoxy groups -OCH3 is 1. The number of rotatable bonds is 2. The summed E-state index contributed by atoms with van der Waals surface area (Å²) in [6.45, 7) is 0. The Morgan fingerprint density at radius 2 is 2.50 bits per heavy atom. The molecule has 0 bridgehead atoms. The van der Waals surface area contributed by atoms with E-state index >= 15 is 0 Å². The highest BCUT2D eigenvalue weighted by molar-refractivity contribution is 5.72. The van der Waals surface area contributed by atoms with Crippen molar-refractivity contribution in [2.45, 2.75) is 6.42 Å². The van der Waals surface area contributed by atoms with Crippen molar-refractivity contribution in [2.24, 2.45) is 0 Å². The second-order valence-electron chi connectivity index (χ2n) is 2.54. The summed E-state index contributed by atoms with van der Waals surface area (Å²) in [4.78, 5) is 14.3. The van der Waals surface area contributed by atoms with E-state index in [1.54, 1.807) is 6.07 Å². The number of ether oxygens (including phenoxy) is 1. The van der Waals surface area contributed by atoms with Crippen LogP contribution in [0.3, 0.4) is 0 Å². The first kappa shape index (κ1) is 10.1. The van der Waals surface area contributed by atoms with Crippen molar-refractivity contribution < 1.29 is 13.9 Å². The minimum atomic E-state index is -0.728. The summed E-state index contributed by atoms with van der Waals surface area (Å²) in [6.07, 6.45) is 1.23. The fraction of sp³-hybridized carbons (Fsp3) is 0.222. The van der Waals surface area contributed by atoms with Crippen LogP contribution in [-0.4, -0.2) is 18.1 Å². The fourth-order valence-corrected chi connectivity index (χ4v) is 0.895. The molecule has 0 radical (unpaired) electrons. The van der Waals surface area contributed by atoms with Gasteiger partial charge in [-0.2, -0.15) is 5.26 Å². The Labute approximate surface area is 79.9 Å². The maximum atomic E-state index is 13.0. The number of aromatic nitrogens is 1. The summed E-state index contributed by atoms with van der Waals surface area (Å²) < 4.78 is 17.4. The van der Waals surface area contributed by atoms with Crippen LogP contribution in [0.1, 0.15) is 11.3 Å². The topological polar surface area (TPSA) is 63.0 Å². The quantitative estimate of drug-likeness (QED) is 0.653. The van der Waals surface area contributed by atoms with Gasteiger partial charge in [0.2, 0.25) is 0 Å². The first-order chi connectivity index (χ1) is 6.67. The minimum Gasteiger partial charge on any atom is -0.469 e. The first-order valence-electron chi connectivity index (χ1n) is 3.78. The standard InChI is InChI=1S/C9H7FN2O2/c1-14-9(13)3-6-2-7(10)8(4-11)12-5-6/h2,5H,3H2,1H3. The van der Waals surface area contributed by atoms with Crippen molar-refractivity contribution in [1.82, 2.24) is 4.98 Å². The Balaban J connectivity index is 2.88. The number of halogens is 1. The SMILES string of the molecule is COC(=O)Cc1cnc(C#N)c(F)c1. The summed E-state index contributed by atoms with van der Waals surface area (Å²) in [5.41, 5.74) is 0.104. The number of esters is 1. The zero-order chi connectivity index (χ0) is 10.6. The van der Waals surface area contributed by atoms with Gasteiger partial charge in [-0.25, -0.2) is 9.37 Å². The molecule has 1 rings (SSSR count). The Morgan fingerprint density at radius 1 is 1.79 bits per heavy atom. The van der Waals surface area contributed by atoms with Crippen LogP contribution in [0.5, 0.6) is 0 Å². The zero-order valence-corrected chi connectivity index (χ0v) is 7.45. The third-order valence-electron chi connectivity index (χ3n) is 1.58. The number of hydrogen-bond donors (Lipinski definition) is 0. The van der Waals surface area contributed by atoms with E-state index in [2.05, 4.69) is 9.72 Å². The summed E-state index contributed by atoms with van der Waals surface area (Å²) in [7, 11) is 1.25. The van der Waals surface area contributed by atoms with Gasteiger partial charge in [-0.3, -0.25) is 4.79 Å². The van der Waals surface area contributed by atoms with Gasteiger partial charge in [-0.05, 0) is 11.6 Å². The first-order valence-corrected chi connectivity index (χ1v) is 3.78. The smallest absolute Gasteiger partial charge is 0.310 e. The minimum absolute atomic E-state index is 0.0495. The van der Waals surface area contributed by atoms with Gasteiger partial charge in [-0.15, -0.1) is 0 Å². The van der Waals surface area contributed by atoms with Crippen LogP contribution in [0.2, 0.25) is 0 Å². The molecule has 5 heteroatoms. The van der Waals surface area contributed by atoms with E-state index < -0.39 is 11.8 Å². The van der Waals surface area contributed by atoms with Gasteiger partial charge in [0.15, 0.2) is 11.5 Å². The monoisotopic (exact) mass is 194 g/mol. The maximum Gasteiger partial charge on any atom is 0.310 e. The average molecular weight is 194 g/mol. The van der Waals surface area contributed by atoms with E-state index in [4.69, 9.17) is 5.26 Å². The van der Waals surface area contributed by atoms with Crippen molar-refractivity contribution in [1.29, 1.82) is 5.26 Å². The molecule has 0 unspecified atom stereocenters. The highest BCUT2D eigenvalue weighted by Crippen LogP contribution is 2.06. The molecule has 14 heavy (non-hydrogen) atoms. The summed E-state index contributed by atoms with van der Waals surface area (Å²) in [6, 6.07) is 2.69. The molecule has 0 spiro atoms. The van der Waals surface area contributed by atoms with E-state index in [1.807, 2.05) is 0 Å². The molecule has 0 aliphatic heterocycles. The molecule has 0 amide bonds. The Kier molecular flexibility index (Phi) is 3.13. The number of hydrogen-bond acceptors (Lipinski definition) is 4. The second kappa shape index (κ2) is 4.33. The lowest BCUT2D eigenvalue weighted by Crippen LogP contribution is -2.05. The highest BCUT2D eigenvalue weighted by Gasteiger charge is 2.07. The lowest BCUT2D eigenvalue weighted by atomic mass is 10.2. The molecule has 1 aromatic rings. The average Bonchev–Trinajstić information content (AvgIpc) is 2.18. The van der Waals surface area contributed by atoms with E-state index in [9.17, 15) is 9.18 Å². The third-order valence-corrected chi connectivity index (χ3v) is 1.58. The molecule has 4 nitrogen and oxygen atoms in total. The number of carbonyl (C=O) groups is 1. The molecule has 72 valence electrons. The van der Waals surface area contributed by atoms with Crippen LogP contribution >= 0.6 is 0 Å². The van der Waals surface area contributed by atoms with Crippen LogP contribution in [-0.2, 0) is 16.0 Å². The van der Waals surface area contributed by atoms with Gasteiger partial charge in [0, 0.05) is 6.20 Å². The number of carbonyl (C=O) groups excluding carboxylic acids is 1. The van der Waals surface area contributed by atoms with Crippen molar-refractivity contribution in [3.8, 4) is 6.07 Å². The molecular weight excluding hydrogens is 187 g/mol. The van der Waals surface area contributed by atoms with Crippen LogP contribution < -0.4 is 0 Å². The van der Waals surface area contributed by atoms with Crippen LogP contribution in [0.4, 0.5) is 4.39 Å². The largest absolute Gasteiger partial charge is 0.469 e. The van der Waals surface area contributed by atoms with Gasteiger partial charge >= 0.3 is 5.97 Å². The van der Waals surface area contributed by atoms with Crippen molar-refractivity contribution in [2.75, 3.05) is 7.11 Å². The predicted molar refractivity (Wildman–Crippen MR) is 44.6 cm³/mol. The predicted octanol–water partition coefficient (Wildman–Crippen LogP) is 0.808. The van der Waals surface area contributed by atoms with Crippen LogP contribution in [0, 0.1) is 17.1 Å². The Bertz CT molecular complexity index is 398. The molecule has 0 fully saturated rings. The van der Waals surface area contributed by atoms with Gasteiger partial charge < -0.3 is 4.74 Å². The summed E-state index contributed by atoms with van der Waals surface area (Å²) in [5, 5.41) is 8.39. The normalized spacial score (nSPS) is 9.21. The van der Waals surface area contributed by atoms with Gasteiger partial charge in [-0.1, -0.05) is 0 Å². The highest BCUT2D eigenvalue weighted by atomic mass is 19.1. The van der Waals surface area contributed by atoms with Gasteiger partial charge in [0.1, 0.15) is 6.07 Å². The summed E-state index contributed by atoms with van der Waals surface area (Å²) in [5.74, 6) is -1.20. The lowest BCUT2D eigenvalue weighted by Gasteiger charge is -1.99. The number of pyridine rings is 1. The molecule has 0 N–H and O–H groups in total. The molecule has 0 saturated heterocycles. The Hall–Kier alpha value is -1.96. The van der Waals surface area contributed by atoms with Crippen molar-refractivity contribution in [3.63, 3.8) is 0 Å². The van der Waals surface area contributed by atoms with Crippen molar-refractivity contribution in [3.05, 3.63) is 29.3 Å². The van der Waals surface area contributed by atoms with E-state index in [1.165, 1.54) is 13.3 Å². The molecule has 0 aliphatic rings. The summed E-state index contributed by atoms with van der Waals surface area (Å²) >= 11 is 0. The molecular formula is C9H7FN2O2. The fourth-order valence-electron chi connectivity index (χ4n) is 0.895. The lowest BCUT2D eigenvalue weighted by molar-refractivity contribution is -0.139. The number of nitriles is 1. The van der Waals surface area contributed by atoms with Crippen LogP contribution in [0.25, 0.3) is 0 Å². The molecule has 0 saturated carbocycles. The maximum absolute atomic E-state index is 13.0. The van der Waals surface area contributed by atoms with Gasteiger partial charge in [0.25, 0.3) is 0 Å². The van der Waals surface area contributed by atoms with Crippen molar-refractivity contribution >= 4 is 5.97 Å².